The van der Waals surface area contributed by atoms with Crippen LogP contribution in [0.5, 0.6) is 0 Å². The van der Waals surface area contributed by atoms with Crippen molar-refractivity contribution < 1.29 is 47.2 Å². The first-order chi connectivity index (χ1) is 25.9. The van der Waals surface area contributed by atoms with E-state index in [1.807, 2.05) is 33.3 Å². The molecule has 0 fully saturated rings. The van der Waals surface area contributed by atoms with Crippen LogP contribution in [0.3, 0.4) is 0 Å². The summed E-state index contributed by atoms with van der Waals surface area (Å²) in [6.45, 7) is 4.06. The van der Waals surface area contributed by atoms with E-state index in [1.54, 1.807) is 12.2 Å². The van der Waals surface area contributed by atoms with E-state index >= 15 is 0 Å². The van der Waals surface area contributed by atoms with Crippen LogP contribution in [-0.4, -0.2) is 86.1 Å². The van der Waals surface area contributed by atoms with Gasteiger partial charge < -0.3 is 24.0 Å². The van der Waals surface area contributed by atoms with E-state index in [1.165, 1.54) is 51.4 Å². The number of phosphoric acid groups is 1. The first kappa shape index (κ1) is 51.7. The molecule has 10 nitrogen and oxygen atoms in total. The van der Waals surface area contributed by atoms with Crippen LogP contribution in [0.2, 0.25) is 0 Å². The molecular weight excluding hydrogens is 705 g/mol. The molecule has 2 unspecified atom stereocenters. The average Bonchev–Trinajstić information content (AvgIpc) is 3.11. The molecule has 11 heteroatoms. The zero-order valence-electron chi connectivity index (χ0n) is 34.5. The minimum atomic E-state index is -4.42. The van der Waals surface area contributed by atoms with Gasteiger partial charge in [0.05, 0.1) is 33.9 Å². The third-order valence-electron chi connectivity index (χ3n) is 8.42. The number of ether oxygens (including phenoxy) is 2. The zero-order chi connectivity index (χ0) is 40.2. The molecule has 0 aliphatic carbocycles. The molecule has 0 aliphatic heterocycles. The van der Waals surface area contributed by atoms with E-state index in [2.05, 4.69) is 50.3 Å². The SMILES string of the molecule is CC/C=C\C/C=C\C/C=C\C/C=C\C=C\C(O)CCCC(=O)OC[C@H](COP(=O)(O)OCC[N+](C)(C)C)OC(=O)CCCCCCCCCCCCCC. The van der Waals surface area contributed by atoms with Crippen LogP contribution in [0.1, 0.15) is 142 Å². The van der Waals surface area contributed by atoms with Gasteiger partial charge in [0.1, 0.15) is 19.8 Å². The van der Waals surface area contributed by atoms with Crippen LogP contribution in [-0.2, 0) is 32.7 Å². The molecule has 54 heavy (non-hydrogen) atoms. The Bertz CT molecular complexity index is 1130. The van der Waals surface area contributed by atoms with Crippen molar-refractivity contribution in [3.63, 3.8) is 0 Å². The Balaban J connectivity index is 4.60. The first-order valence-corrected chi connectivity index (χ1v) is 22.1. The van der Waals surface area contributed by atoms with Crippen molar-refractivity contribution in [3.8, 4) is 0 Å². The summed E-state index contributed by atoms with van der Waals surface area (Å²) < 4.78 is 34.0. The highest BCUT2D eigenvalue weighted by Crippen LogP contribution is 2.43. The fourth-order valence-corrected chi connectivity index (χ4v) is 5.90. The second kappa shape index (κ2) is 35.1. The molecule has 2 N–H and O–H groups in total. The predicted molar refractivity (Wildman–Crippen MR) is 221 cm³/mol. The third kappa shape index (κ3) is 38.0. The van der Waals surface area contributed by atoms with E-state index < -0.39 is 38.6 Å². The summed E-state index contributed by atoms with van der Waals surface area (Å²) in [5, 5.41) is 10.3. The summed E-state index contributed by atoms with van der Waals surface area (Å²) in [6.07, 6.45) is 37.3. The number of esters is 2. The van der Waals surface area contributed by atoms with Gasteiger partial charge in [0.25, 0.3) is 0 Å². The highest BCUT2D eigenvalue weighted by atomic mass is 31.2. The molecule has 0 rings (SSSR count). The standard InChI is InChI=1S/C43H76NO9P/c1-6-8-10-12-14-16-18-20-21-23-25-27-29-32-40(45)33-31-35-42(46)50-38-41(39-52-54(48,49)51-37-36-44(3,4)5)53-43(47)34-30-28-26-24-22-19-17-15-13-11-9-7-2/h8,10,14,16,20-21,25,27,29,32,40-41,45H,6-7,9,11-13,15,17-19,22-24,26,28,30-31,33-39H2,1-5H3/p+1/b10-8-,16-14-,21-20-,27-25-,32-29+/t40?,41-/m1/s1. The van der Waals surface area contributed by atoms with Gasteiger partial charge in [-0.3, -0.25) is 18.6 Å². The van der Waals surface area contributed by atoms with Crippen molar-refractivity contribution in [3.05, 3.63) is 60.8 Å². The smallest absolute Gasteiger partial charge is 0.462 e. The summed E-state index contributed by atoms with van der Waals surface area (Å²) in [5.74, 6) is -1.01. The highest BCUT2D eigenvalue weighted by molar-refractivity contribution is 7.47. The van der Waals surface area contributed by atoms with Gasteiger partial charge >= 0.3 is 19.8 Å². The number of unbranched alkanes of at least 4 members (excludes halogenated alkanes) is 11. The van der Waals surface area contributed by atoms with Crippen molar-refractivity contribution in [1.29, 1.82) is 0 Å². The molecule has 0 aromatic carbocycles. The van der Waals surface area contributed by atoms with E-state index in [9.17, 15) is 24.2 Å². The molecule has 0 spiro atoms. The summed E-state index contributed by atoms with van der Waals surface area (Å²) in [4.78, 5) is 35.3. The number of aliphatic hydroxyl groups is 1. The minimum Gasteiger partial charge on any atom is -0.462 e. The van der Waals surface area contributed by atoms with E-state index in [0.29, 0.717) is 30.3 Å². The van der Waals surface area contributed by atoms with Gasteiger partial charge in [-0.05, 0) is 44.9 Å². The number of quaternary nitrogens is 1. The first-order valence-electron chi connectivity index (χ1n) is 20.6. The Morgan fingerprint density at radius 3 is 1.78 bits per heavy atom. The Morgan fingerprint density at radius 1 is 0.667 bits per heavy atom. The van der Waals surface area contributed by atoms with Crippen molar-refractivity contribution >= 4 is 19.8 Å². The highest BCUT2D eigenvalue weighted by Gasteiger charge is 2.27. The summed E-state index contributed by atoms with van der Waals surface area (Å²) in [6, 6.07) is 0. The molecule has 0 saturated carbocycles. The van der Waals surface area contributed by atoms with Gasteiger partial charge in [0.2, 0.25) is 0 Å². The Hall–Kier alpha value is -2.33. The van der Waals surface area contributed by atoms with Crippen LogP contribution in [0, 0.1) is 0 Å². The van der Waals surface area contributed by atoms with Gasteiger partial charge in [0.15, 0.2) is 6.10 Å². The maximum atomic E-state index is 12.6. The number of likely N-dealkylation sites (N-methyl/N-ethyl adjacent to an activating group) is 1. The van der Waals surface area contributed by atoms with Crippen LogP contribution in [0.15, 0.2) is 60.8 Å². The molecule has 0 amide bonds. The van der Waals surface area contributed by atoms with Crippen molar-refractivity contribution in [2.24, 2.45) is 0 Å². The molecule has 0 heterocycles. The van der Waals surface area contributed by atoms with E-state index in [-0.39, 0.29) is 26.1 Å². The lowest BCUT2D eigenvalue weighted by atomic mass is 10.0. The van der Waals surface area contributed by atoms with Gasteiger partial charge in [-0.25, -0.2) is 4.57 Å². The summed E-state index contributed by atoms with van der Waals surface area (Å²) in [5.41, 5.74) is 0. The quantitative estimate of drug-likeness (QED) is 0.0159. The fraction of sp³-hybridized carbons (Fsp3) is 0.721. The monoisotopic (exact) mass is 783 g/mol. The molecule has 0 aromatic rings. The normalized spacial score (nSPS) is 14.9. The maximum Gasteiger partial charge on any atom is 0.472 e. The molecule has 312 valence electrons. The second-order valence-electron chi connectivity index (χ2n) is 14.8. The van der Waals surface area contributed by atoms with Crippen LogP contribution < -0.4 is 0 Å². The van der Waals surface area contributed by atoms with Gasteiger partial charge in [-0.1, -0.05) is 145 Å². The number of carbonyl (C=O) groups excluding carboxylic acids is 2. The van der Waals surface area contributed by atoms with Crippen LogP contribution in [0.4, 0.5) is 0 Å². The summed E-state index contributed by atoms with van der Waals surface area (Å²) >= 11 is 0. The van der Waals surface area contributed by atoms with Crippen molar-refractivity contribution in [1.82, 2.24) is 0 Å². The minimum absolute atomic E-state index is 0.000158. The lowest BCUT2D eigenvalue weighted by Crippen LogP contribution is -2.37. The number of hydrogen-bond acceptors (Lipinski definition) is 8. The molecule has 0 aliphatic rings. The average molecular weight is 783 g/mol. The zero-order valence-corrected chi connectivity index (χ0v) is 35.4. The Labute approximate surface area is 329 Å². The number of hydrogen-bond donors (Lipinski definition) is 2. The maximum absolute atomic E-state index is 12.6. The van der Waals surface area contributed by atoms with Gasteiger partial charge in [-0.2, -0.15) is 0 Å². The third-order valence-corrected chi connectivity index (χ3v) is 9.40. The summed E-state index contributed by atoms with van der Waals surface area (Å²) in [7, 11) is 1.37. The Morgan fingerprint density at radius 2 is 1.20 bits per heavy atom. The molecular formula is C43H77NO9P+. The van der Waals surface area contributed by atoms with E-state index in [4.69, 9.17) is 18.5 Å². The topological polar surface area (TPSA) is 129 Å². The largest absolute Gasteiger partial charge is 0.472 e. The Kier molecular flexibility index (Phi) is 33.6. The van der Waals surface area contributed by atoms with Crippen LogP contribution in [0.25, 0.3) is 0 Å². The predicted octanol–water partition coefficient (Wildman–Crippen LogP) is 10.3. The van der Waals surface area contributed by atoms with E-state index in [0.717, 1.165) is 44.9 Å². The van der Waals surface area contributed by atoms with Gasteiger partial charge in [0, 0.05) is 12.8 Å². The molecule has 0 bridgehead atoms. The number of phosphoric ester groups is 1. The number of nitrogens with zero attached hydrogens (tertiary/aromatic N) is 1. The number of aliphatic hydroxyl groups excluding tert-OH is 1. The second-order valence-corrected chi connectivity index (χ2v) is 16.3. The lowest BCUT2D eigenvalue weighted by molar-refractivity contribution is -0.870. The van der Waals surface area contributed by atoms with Crippen LogP contribution >= 0.6 is 7.82 Å². The van der Waals surface area contributed by atoms with Crippen molar-refractivity contribution in [2.75, 3.05) is 47.5 Å². The number of carbonyl (C=O) groups is 2. The fourth-order valence-electron chi connectivity index (χ4n) is 5.16. The molecule has 0 aromatic heterocycles. The number of allylic oxidation sites excluding steroid dienone is 9. The van der Waals surface area contributed by atoms with Gasteiger partial charge in [-0.15, -0.1) is 0 Å². The lowest BCUT2D eigenvalue weighted by Gasteiger charge is -2.24. The number of rotatable bonds is 36. The molecule has 3 atom stereocenters. The van der Waals surface area contributed by atoms with Crippen molar-refractivity contribution in [2.45, 2.75) is 154 Å². The molecule has 0 radical (unpaired) electrons. The molecule has 0 saturated heterocycles.